The SMILES string of the molecule is CCOC(=O)C(=O)[C@H](CC(C)C)NC(=O)OC(C)(C)C. The van der Waals surface area contributed by atoms with Gasteiger partial charge in [-0.15, -0.1) is 0 Å². The molecule has 20 heavy (non-hydrogen) atoms. The van der Waals surface area contributed by atoms with Crippen molar-refractivity contribution in [2.45, 2.75) is 59.6 Å². The van der Waals surface area contributed by atoms with Crippen LogP contribution in [-0.4, -0.2) is 36.1 Å². The number of ether oxygens (including phenoxy) is 2. The normalized spacial score (nSPS) is 12.8. The average Bonchev–Trinajstić information content (AvgIpc) is 2.24. The summed E-state index contributed by atoms with van der Waals surface area (Å²) in [6, 6.07) is -0.927. The van der Waals surface area contributed by atoms with Gasteiger partial charge in [0.25, 0.3) is 5.78 Å². The number of esters is 1. The van der Waals surface area contributed by atoms with Crippen LogP contribution in [0.2, 0.25) is 0 Å². The highest BCUT2D eigenvalue weighted by atomic mass is 16.6. The van der Waals surface area contributed by atoms with E-state index in [1.54, 1.807) is 27.7 Å². The molecule has 0 aliphatic carbocycles. The minimum atomic E-state index is -0.936. The summed E-state index contributed by atoms with van der Waals surface area (Å²) in [5, 5.41) is 2.43. The number of Topliss-reactive ketones (excluding diaryl/α,β-unsaturated/α-hetero) is 1. The lowest BCUT2D eigenvalue weighted by Gasteiger charge is -2.23. The maximum Gasteiger partial charge on any atom is 0.408 e. The fourth-order valence-corrected chi connectivity index (χ4v) is 1.50. The van der Waals surface area contributed by atoms with Crippen molar-refractivity contribution in [1.82, 2.24) is 5.32 Å². The van der Waals surface area contributed by atoms with Crippen molar-refractivity contribution < 1.29 is 23.9 Å². The third-order valence-electron chi connectivity index (χ3n) is 2.19. The zero-order valence-corrected chi connectivity index (χ0v) is 13.1. The molecule has 0 aromatic heterocycles. The number of carbonyl (C=O) groups is 3. The van der Waals surface area contributed by atoms with Gasteiger partial charge in [0.05, 0.1) is 6.61 Å². The Hall–Kier alpha value is -1.59. The van der Waals surface area contributed by atoms with E-state index in [0.29, 0.717) is 6.42 Å². The van der Waals surface area contributed by atoms with E-state index in [4.69, 9.17) is 4.74 Å². The summed E-state index contributed by atoms with van der Waals surface area (Å²) in [7, 11) is 0. The standard InChI is InChI=1S/C14H25NO5/c1-7-19-12(17)11(16)10(8-9(2)3)15-13(18)20-14(4,5)6/h9-10H,7-8H2,1-6H3,(H,15,18)/t10-/m0/s1. The molecule has 0 aromatic carbocycles. The maximum atomic E-state index is 11.9. The van der Waals surface area contributed by atoms with Crippen LogP contribution in [0.15, 0.2) is 0 Å². The predicted molar refractivity (Wildman–Crippen MR) is 74.3 cm³/mol. The summed E-state index contributed by atoms with van der Waals surface area (Å²) in [5.41, 5.74) is -0.667. The molecular formula is C14H25NO5. The Balaban J connectivity index is 4.76. The monoisotopic (exact) mass is 287 g/mol. The van der Waals surface area contributed by atoms with Crippen molar-refractivity contribution in [3.8, 4) is 0 Å². The molecule has 0 saturated carbocycles. The second-order valence-corrected chi connectivity index (χ2v) is 5.91. The molecular weight excluding hydrogens is 262 g/mol. The zero-order chi connectivity index (χ0) is 15.9. The number of hydrogen-bond acceptors (Lipinski definition) is 5. The van der Waals surface area contributed by atoms with Crippen molar-refractivity contribution in [2.24, 2.45) is 5.92 Å². The predicted octanol–water partition coefficient (Wildman–Crippen LogP) is 2.06. The van der Waals surface area contributed by atoms with E-state index in [2.05, 4.69) is 10.1 Å². The van der Waals surface area contributed by atoms with Crippen LogP contribution >= 0.6 is 0 Å². The van der Waals surface area contributed by atoms with E-state index in [-0.39, 0.29) is 12.5 Å². The average molecular weight is 287 g/mol. The fraction of sp³-hybridized carbons (Fsp3) is 0.786. The Kier molecular flexibility index (Phi) is 7.24. The van der Waals surface area contributed by atoms with Gasteiger partial charge >= 0.3 is 12.1 Å². The molecule has 1 atom stereocenters. The van der Waals surface area contributed by atoms with Crippen molar-refractivity contribution in [1.29, 1.82) is 0 Å². The van der Waals surface area contributed by atoms with Crippen LogP contribution in [0.25, 0.3) is 0 Å². The van der Waals surface area contributed by atoms with Gasteiger partial charge < -0.3 is 14.8 Å². The number of amides is 1. The third kappa shape index (κ3) is 7.76. The topological polar surface area (TPSA) is 81.7 Å². The first-order chi connectivity index (χ1) is 9.06. The van der Waals surface area contributed by atoms with E-state index in [1.807, 2.05) is 13.8 Å². The summed E-state index contributed by atoms with van der Waals surface area (Å²) in [5.74, 6) is -1.56. The molecule has 0 bridgehead atoms. The largest absolute Gasteiger partial charge is 0.460 e. The number of carbonyl (C=O) groups excluding carboxylic acids is 3. The lowest BCUT2D eigenvalue weighted by atomic mass is 10.0. The van der Waals surface area contributed by atoms with Crippen molar-refractivity contribution in [2.75, 3.05) is 6.61 Å². The van der Waals surface area contributed by atoms with Gasteiger partial charge in [0.15, 0.2) is 0 Å². The van der Waals surface area contributed by atoms with Gasteiger partial charge in [-0.2, -0.15) is 0 Å². The van der Waals surface area contributed by atoms with Crippen LogP contribution in [0.1, 0.15) is 48.0 Å². The van der Waals surface area contributed by atoms with Crippen LogP contribution in [-0.2, 0) is 19.1 Å². The lowest BCUT2D eigenvalue weighted by molar-refractivity contribution is -0.154. The van der Waals surface area contributed by atoms with E-state index >= 15 is 0 Å². The molecule has 0 rings (SSSR count). The Morgan fingerprint density at radius 2 is 1.70 bits per heavy atom. The van der Waals surface area contributed by atoms with Crippen LogP contribution in [0, 0.1) is 5.92 Å². The molecule has 6 heteroatoms. The van der Waals surface area contributed by atoms with Crippen molar-refractivity contribution in [3.05, 3.63) is 0 Å². The van der Waals surface area contributed by atoms with Gasteiger partial charge in [-0.3, -0.25) is 4.79 Å². The van der Waals surface area contributed by atoms with Crippen LogP contribution < -0.4 is 5.32 Å². The Bertz CT molecular complexity index is 357. The first kappa shape index (κ1) is 18.4. The third-order valence-corrected chi connectivity index (χ3v) is 2.19. The molecule has 0 spiro atoms. The fourth-order valence-electron chi connectivity index (χ4n) is 1.50. The number of rotatable bonds is 6. The van der Waals surface area contributed by atoms with Gasteiger partial charge in [-0.25, -0.2) is 9.59 Å². The first-order valence-corrected chi connectivity index (χ1v) is 6.77. The quantitative estimate of drug-likeness (QED) is 0.597. The zero-order valence-electron chi connectivity index (χ0n) is 13.1. The number of ketones is 1. The highest BCUT2D eigenvalue weighted by Gasteiger charge is 2.30. The van der Waals surface area contributed by atoms with E-state index in [1.165, 1.54) is 0 Å². The van der Waals surface area contributed by atoms with Crippen LogP contribution in [0.3, 0.4) is 0 Å². The van der Waals surface area contributed by atoms with Gasteiger partial charge in [0.2, 0.25) is 0 Å². The van der Waals surface area contributed by atoms with Crippen LogP contribution in [0.5, 0.6) is 0 Å². The van der Waals surface area contributed by atoms with E-state index < -0.39 is 29.5 Å². The molecule has 0 aliphatic rings. The molecule has 0 heterocycles. The summed E-state index contributed by atoms with van der Waals surface area (Å²) in [4.78, 5) is 35.1. The van der Waals surface area contributed by atoms with Gasteiger partial charge in [-0.1, -0.05) is 13.8 Å². The molecule has 0 radical (unpaired) electrons. The molecule has 0 saturated heterocycles. The summed E-state index contributed by atoms with van der Waals surface area (Å²) in [6.07, 6.45) is -0.377. The summed E-state index contributed by atoms with van der Waals surface area (Å²) in [6.45, 7) is 10.7. The molecule has 0 unspecified atom stereocenters. The highest BCUT2D eigenvalue weighted by Crippen LogP contribution is 2.10. The first-order valence-electron chi connectivity index (χ1n) is 6.77. The maximum absolute atomic E-state index is 11.9. The smallest absolute Gasteiger partial charge is 0.408 e. The Morgan fingerprint density at radius 3 is 2.10 bits per heavy atom. The number of alkyl carbamates (subject to hydrolysis) is 1. The van der Waals surface area contributed by atoms with E-state index in [9.17, 15) is 14.4 Å². The number of hydrogen-bond donors (Lipinski definition) is 1. The highest BCUT2D eigenvalue weighted by molar-refractivity contribution is 6.36. The van der Waals surface area contributed by atoms with Crippen LogP contribution in [0.4, 0.5) is 4.79 Å². The van der Waals surface area contributed by atoms with Gasteiger partial charge in [-0.05, 0) is 40.0 Å². The molecule has 1 N–H and O–H groups in total. The Labute approximate surface area is 120 Å². The summed E-state index contributed by atoms with van der Waals surface area (Å²) < 4.78 is 9.75. The second-order valence-electron chi connectivity index (χ2n) is 5.91. The summed E-state index contributed by atoms with van der Waals surface area (Å²) >= 11 is 0. The van der Waals surface area contributed by atoms with E-state index in [0.717, 1.165) is 0 Å². The van der Waals surface area contributed by atoms with Gasteiger partial charge in [0.1, 0.15) is 11.6 Å². The minimum absolute atomic E-state index is 0.116. The molecule has 0 fully saturated rings. The lowest BCUT2D eigenvalue weighted by Crippen LogP contribution is -2.47. The molecule has 0 aliphatic heterocycles. The minimum Gasteiger partial charge on any atom is -0.460 e. The second kappa shape index (κ2) is 7.87. The number of nitrogens with one attached hydrogen (secondary N) is 1. The molecule has 6 nitrogen and oxygen atoms in total. The molecule has 0 aromatic rings. The van der Waals surface area contributed by atoms with Crippen molar-refractivity contribution >= 4 is 17.8 Å². The van der Waals surface area contributed by atoms with Crippen molar-refractivity contribution in [3.63, 3.8) is 0 Å². The van der Waals surface area contributed by atoms with Gasteiger partial charge in [0, 0.05) is 0 Å². The Morgan fingerprint density at radius 1 is 1.15 bits per heavy atom. The molecule has 1 amide bonds. The molecule has 116 valence electrons.